The Labute approximate surface area is 66.0 Å². The standard InChI is InChI=1S/C7H14N2O2/c1-7(2,11)5-3-9(4-5)6(8)10/h5,11H,3-4H2,1-2H3,(H2,8,10). The zero-order valence-corrected chi connectivity index (χ0v) is 6.87. The lowest BCUT2D eigenvalue weighted by Crippen LogP contribution is -2.58. The molecule has 0 bridgehead atoms. The third kappa shape index (κ3) is 1.63. The molecular formula is C7H14N2O2. The van der Waals surface area contributed by atoms with Crippen LogP contribution in [0.3, 0.4) is 0 Å². The summed E-state index contributed by atoms with van der Waals surface area (Å²) in [5.41, 5.74) is 4.32. The van der Waals surface area contributed by atoms with Crippen LogP contribution in [0.2, 0.25) is 0 Å². The van der Waals surface area contributed by atoms with Gasteiger partial charge < -0.3 is 15.7 Å². The molecular weight excluding hydrogens is 144 g/mol. The molecule has 0 atom stereocenters. The van der Waals surface area contributed by atoms with E-state index in [9.17, 15) is 9.90 Å². The van der Waals surface area contributed by atoms with Crippen LogP contribution in [0.4, 0.5) is 4.79 Å². The van der Waals surface area contributed by atoms with Crippen LogP contribution in [-0.4, -0.2) is 34.7 Å². The first-order chi connectivity index (χ1) is 4.91. The van der Waals surface area contributed by atoms with E-state index in [4.69, 9.17) is 5.73 Å². The highest BCUT2D eigenvalue weighted by Gasteiger charge is 2.38. The number of urea groups is 1. The molecule has 0 unspecified atom stereocenters. The monoisotopic (exact) mass is 158 g/mol. The predicted octanol–water partition coefficient (Wildman–Crippen LogP) is -0.232. The second-order valence-electron chi connectivity index (χ2n) is 3.59. The Hall–Kier alpha value is -0.770. The van der Waals surface area contributed by atoms with Gasteiger partial charge in [-0.05, 0) is 13.8 Å². The average Bonchev–Trinajstić information content (AvgIpc) is 1.51. The summed E-state index contributed by atoms with van der Waals surface area (Å²) < 4.78 is 0. The molecule has 0 aromatic carbocycles. The molecule has 11 heavy (non-hydrogen) atoms. The van der Waals surface area contributed by atoms with Crippen molar-refractivity contribution in [3.05, 3.63) is 0 Å². The van der Waals surface area contributed by atoms with E-state index < -0.39 is 11.6 Å². The average molecular weight is 158 g/mol. The third-order valence-corrected chi connectivity index (χ3v) is 2.19. The zero-order valence-electron chi connectivity index (χ0n) is 6.87. The topological polar surface area (TPSA) is 66.6 Å². The zero-order chi connectivity index (χ0) is 8.65. The van der Waals surface area contributed by atoms with Crippen molar-refractivity contribution in [1.82, 2.24) is 4.90 Å². The Kier molecular flexibility index (Phi) is 1.80. The number of likely N-dealkylation sites (tertiary alicyclic amines) is 1. The van der Waals surface area contributed by atoms with Gasteiger partial charge in [0.15, 0.2) is 0 Å². The molecule has 0 saturated carbocycles. The van der Waals surface area contributed by atoms with E-state index in [0.717, 1.165) is 0 Å². The number of carbonyl (C=O) groups is 1. The Morgan fingerprint density at radius 1 is 1.64 bits per heavy atom. The molecule has 0 spiro atoms. The summed E-state index contributed by atoms with van der Waals surface area (Å²) in [5, 5.41) is 9.46. The molecule has 0 aliphatic carbocycles. The molecule has 2 amide bonds. The molecule has 4 heteroatoms. The van der Waals surface area contributed by atoms with Gasteiger partial charge in [-0.1, -0.05) is 0 Å². The summed E-state index contributed by atoms with van der Waals surface area (Å²) in [6, 6.07) is -0.398. The molecule has 0 radical (unpaired) electrons. The fourth-order valence-corrected chi connectivity index (χ4v) is 1.11. The Balaban J connectivity index is 2.35. The molecule has 1 aliphatic rings. The summed E-state index contributed by atoms with van der Waals surface area (Å²) in [6.45, 7) is 4.66. The van der Waals surface area contributed by atoms with Crippen molar-refractivity contribution in [3.63, 3.8) is 0 Å². The number of nitrogens with zero attached hydrogens (tertiary/aromatic N) is 1. The fraction of sp³-hybridized carbons (Fsp3) is 0.857. The van der Waals surface area contributed by atoms with Crippen molar-refractivity contribution in [1.29, 1.82) is 0 Å². The molecule has 1 saturated heterocycles. The number of rotatable bonds is 1. The van der Waals surface area contributed by atoms with Crippen LogP contribution in [0.15, 0.2) is 0 Å². The van der Waals surface area contributed by atoms with Crippen LogP contribution in [-0.2, 0) is 0 Å². The van der Waals surface area contributed by atoms with Crippen molar-refractivity contribution in [2.45, 2.75) is 19.4 Å². The lowest BCUT2D eigenvalue weighted by Gasteiger charge is -2.44. The van der Waals surface area contributed by atoms with Gasteiger partial charge in [0, 0.05) is 19.0 Å². The molecule has 1 rings (SSSR count). The maximum atomic E-state index is 10.5. The minimum atomic E-state index is -0.689. The maximum absolute atomic E-state index is 10.5. The van der Waals surface area contributed by atoms with Crippen LogP contribution >= 0.6 is 0 Å². The smallest absolute Gasteiger partial charge is 0.314 e. The van der Waals surface area contributed by atoms with Crippen molar-refractivity contribution in [2.24, 2.45) is 11.7 Å². The van der Waals surface area contributed by atoms with Crippen LogP contribution in [0, 0.1) is 5.92 Å². The molecule has 1 aliphatic heterocycles. The van der Waals surface area contributed by atoms with E-state index in [2.05, 4.69) is 0 Å². The summed E-state index contributed by atoms with van der Waals surface area (Å²) in [4.78, 5) is 12.0. The predicted molar refractivity (Wildman–Crippen MR) is 40.9 cm³/mol. The van der Waals surface area contributed by atoms with Gasteiger partial charge in [0.25, 0.3) is 0 Å². The Bertz CT molecular complexity index is 168. The molecule has 3 N–H and O–H groups in total. The van der Waals surface area contributed by atoms with Gasteiger partial charge in [-0.3, -0.25) is 0 Å². The number of aliphatic hydroxyl groups is 1. The summed E-state index contributed by atoms with van der Waals surface area (Å²) >= 11 is 0. The van der Waals surface area contributed by atoms with Gasteiger partial charge in [0.05, 0.1) is 5.60 Å². The number of primary amides is 1. The van der Waals surface area contributed by atoms with E-state index in [1.807, 2.05) is 0 Å². The van der Waals surface area contributed by atoms with Crippen LogP contribution in [0.5, 0.6) is 0 Å². The first-order valence-electron chi connectivity index (χ1n) is 3.68. The normalized spacial score (nSPS) is 19.7. The quantitative estimate of drug-likeness (QED) is 0.553. The van der Waals surface area contributed by atoms with Crippen LogP contribution in [0.25, 0.3) is 0 Å². The van der Waals surface area contributed by atoms with E-state index in [1.54, 1.807) is 13.8 Å². The maximum Gasteiger partial charge on any atom is 0.314 e. The van der Waals surface area contributed by atoms with E-state index in [-0.39, 0.29) is 5.92 Å². The highest BCUT2D eigenvalue weighted by molar-refractivity contribution is 5.72. The lowest BCUT2D eigenvalue weighted by atomic mass is 9.85. The number of amides is 2. The summed E-state index contributed by atoms with van der Waals surface area (Å²) in [6.07, 6.45) is 0. The highest BCUT2D eigenvalue weighted by atomic mass is 16.3. The fourth-order valence-electron chi connectivity index (χ4n) is 1.11. The number of nitrogens with two attached hydrogens (primary N) is 1. The highest BCUT2D eigenvalue weighted by Crippen LogP contribution is 2.26. The van der Waals surface area contributed by atoms with Gasteiger partial charge in [-0.15, -0.1) is 0 Å². The van der Waals surface area contributed by atoms with E-state index in [1.165, 1.54) is 4.90 Å². The van der Waals surface area contributed by atoms with Crippen molar-refractivity contribution < 1.29 is 9.90 Å². The van der Waals surface area contributed by atoms with Gasteiger partial charge >= 0.3 is 6.03 Å². The molecule has 1 fully saturated rings. The SMILES string of the molecule is CC(C)(O)C1CN(C(N)=O)C1. The Morgan fingerprint density at radius 2 is 2.09 bits per heavy atom. The van der Waals surface area contributed by atoms with Gasteiger partial charge in [-0.25, -0.2) is 4.79 Å². The van der Waals surface area contributed by atoms with Gasteiger partial charge in [-0.2, -0.15) is 0 Å². The molecule has 0 aromatic heterocycles. The lowest BCUT2D eigenvalue weighted by molar-refractivity contribution is -0.0445. The van der Waals surface area contributed by atoms with Gasteiger partial charge in [0.2, 0.25) is 0 Å². The van der Waals surface area contributed by atoms with Crippen LogP contribution in [0.1, 0.15) is 13.8 Å². The number of hydrogen-bond donors (Lipinski definition) is 2. The Morgan fingerprint density at radius 3 is 2.36 bits per heavy atom. The summed E-state index contributed by atoms with van der Waals surface area (Å²) in [5.74, 6) is 0.176. The van der Waals surface area contributed by atoms with Crippen LogP contribution < -0.4 is 5.73 Å². The van der Waals surface area contributed by atoms with Crippen molar-refractivity contribution in [3.8, 4) is 0 Å². The van der Waals surface area contributed by atoms with E-state index >= 15 is 0 Å². The second kappa shape index (κ2) is 2.37. The van der Waals surface area contributed by atoms with Gasteiger partial charge in [0.1, 0.15) is 0 Å². The largest absolute Gasteiger partial charge is 0.390 e. The first kappa shape index (κ1) is 8.33. The third-order valence-electron chi connectivity index (χ3n) is 2.19. The first-order valence-corrected chi connectivity index (χ1v) is 3.68. The van der Waals surface area contributed by atoms with E-state index in [0.29, 0.717) is 13.1 Å². The molecule has 64 valence electrons. The van der Waals surface area contributed by atoms with Crippen molar-refractivity contribution >= 4 is 6.03 Å². The molecule has 0 aromatic rings. The minimum Gasteiger partial charge on any atom is -0.390 e. The molecule has 1 heterocycles. The minimum absolute atomic E-state index is 0.176. The van der Waals surface area contributed by atoms with Crippen molar-refractivity contribution in [2.75, 3.05) is 13.1 Å². The molecule has 4 nitrogen and oxygen atoms in total. The number of hydrogen-bond acceptors (Lipinski definition) is 2. The number of carbonyl (C=O) groups excluding carboxylic acids is 1. The summed E-state index contributed by atoms with van der Waals surface area (Å²) in [7, 11) is 0. The second-order valence-corrected chi connectivity index (χ2v) is 3.59.